The lowest BCUT2D eigenvalue weighted by atomic mass is 10.1. The van der Waals surface area contributed by atoms with Gasteiger partial charge in [-0.05, 0) is 45.0 Å². The summed E-state index contributed by atoms with van der Waals surface area (Å²) in [7, 11) is 0. The maximum atomic E-state index is 12.5. The van der Waals surface area contributed by atoms with Gasteiger partial charge in [-0.25, -0.2) is 4.68 Å². The zero-order valence-corrected chi connectivity index (χ0v) is 13.9. The van der Waals surface area contributed by atoms with Crippen LogP contribution in [0.15, 0.2) is 48.8 Å². The Labute approximate surface area is 140 Å². The second-order valence-electron chi connectivity index (χ2n) is 5.90. The lowest BCUT2D eigenvalue weighted by molar-refractivity contribution is 0.0938. The smallest absolute Gasteiger partial charge is 0.274 e. The van der Waals surface area contributed by atoms with Gasteiger partial charge >= 0.3 is 0 Å². The largest absolute Gasteiger partial charge is 0.348 e. The van der Waals surface area contributed by atoms with Crippen molar-refractivity contribution in [2.24, 2.45) is 0 Å². The number of aromatic nitrogens is 4. The zero-order chi connectivity index (χ0) is 17.1. The van der Waals surface area contributed by atoms with E-state index in [1.807, 2.05) is 57.2 Å². The fourth-order valence-corrected chi connectivity index (χ4v) is 2.39. The van der Waals surface area contributed by atoms with Gasteiger partial charge in [0.05, 0.1) is 5.69 Å². The second kappa shape index (κ2) is 6.62. The van der Waals surface area contributed by atoms with Crippen molar-refractivity contribution < 1.29 is 4.79 Å². The van der Waals surface area contributed by atoms with Gasteiger partial charge in [0.2, 0.25) is 0 Å². The van der Waals surface area contributed by atoms with Gasteiger partial charge in [-0.15, -0.1) is 5.10 Å². The van der Waals surface area contributed by atoms with Gasteiger partial charge in [0.25, 0.3) is 5.91 Å². The Morgan fingerprint density at radius 1 is 1.17 bits per heavy atom. The van der Waals surface area contributed by atoms with Gasteiger partial charge in [0, 0.05) is 24.0 Å². The fourth-order valence-electron chi connectivity index (χ4n) is 2.39. The second-order valence-corrected chi connectivity index (χ2v) is 5.90. The van der Waals surface area contributed by atoms with Crippen LogP contribution in [0.1, 0.15) is 29.9 Å². The molecule has 3 aromatic rings. The van der Waals surface area contributed by atoms with Crippen LogP contribution < -0.4 is 5.32 Å². The normalized spacial score (nSPS) is 10.8. The molecule has 1 N–H and O–H groups in total. The number of carbonyl (C=O) groups excluding carboxylic acids is 1. The number of pyridine rings is 1. The number of hydrogen-bond donors (Lipinski definition) is 1. The summed E-state index contributed by atoms with van der Waals surface area (Å²) in [4.78, 5) is 16.7. The first kappa shape index (κ1) is 15.9. The van der Waals surface area contributed by atoms with E-state index in [9.17, 15) is 4.79 Å². The van der Waals surface area contributed by atoms with Gasteiger partial charge < -0.3 is 5.32 Å². The molecule has 1 amide bonds. The highest BCUT2D eigenvalue weighted by Gasteiger charge is 2.22. The Balaban J connectivity index is 2.15. The van der Waals surface area contributed by atoms with Crippen molar-refractivity contribution in [1.29, 1.82) is 0 Å². The van der Waals surface area contributed by atoms with E-state index in [1.54, 1.807) is 17.1 Å². The molecule has 0 bridgehead atoms. The Kier molecular flexibility index (Phi) is 4.37. The van der Waals surface area contributed by atoms with Crippen molar-refractivity contribution in [2.75, 3.05) is 0 Å². The average molecular weight is 321 g/mol. The number of rotatable bonds is 4. The number of carbonyl (C=O) groups is 1. The molecule has 3 rings (SSSR count). The van der Waals surface area contributed by atoms with Crippen molar-refractivity contribution in [3.8, 4) is 16.9 Å². The van der Waals surface area contributed by atoms with Crippen LogP contribution in [-0.4, -0.2) is 31.9 Å². The van der Waals surface area contributed by atoms with E-state index in [2.05, 4.69) is 20.6 Å². The summed E-state index contributed by atoms with van der Waals surface area (Å²) in [5, 5.41) is 11.2. The average Bonchev–Trinajstić information content (AvgIpc) is 3.01. The molecule has 0 aliphatic heterocycles. The van der Waals surface area contributed by atoms with Crippen LogP contribution in [0, 0.1) is 6.92 Å². The maximum absolute atomic E-state index is 12.5. The summed E-state index contributed by atoms with van der Waals surface area (Å²) in [6.45, 7) is 5.84. The molecule has 2 heterocycles. The van der Waals surface area contributed by atoms with Crippen LogP contribution in [-0.2, 0) is 0 Å². The SMILES string of the molecule is Cc1ccc(-n2nnc(C(=O)NC(C)C)c2-c2cccnc2)cc1. The lowest BCUT2D eigenvalue weighted by Gasteiger charge is -2.10. The highest BCUT2D eigenvalue weighted by atomic mass is 16.2. The molecule has 2 aromatic heterocycles. The first-order valence-corrected chi connectivity index (χ1v) is 7.80. The highest BCUT2D eigenvalue weighted by molar-refractivity contribution is 5.98. The highest BCUT2D eigenvalue weighted by Crippen LogP contribution is 2.24. The molecule has 0 unspecified atom stereocenters. The molecule has 0 radical (unpaired) electrons. The van der Waals surface area contributed by atoms with Gasteiger partial charge in [-0.3, -0.25) is 9.78 Å². The number of nitrogens with one attached hydrogen (secondary N) is 1. The first-order valence-electron chi connectivity index (χ1n) is 7.80. The number of hydrogen-bond acceptors (Lipinski definition) is 4. The van der Waals surface area contributed by atoms with Crippen molar-refractivity contribution in [2.45, 2.75) is 26.8 Å². The molecular formula is C18H19N5O. The number of nitrogens with zero attached hydrogens (tertiary/aromatic N) is 4. The molecule has 0 saturated carbocycles. The van der Waals surface area contributed by atoms with E-state index in [-0.39, 0.29) is 17.6 Å². The molecular weight excluding hydrogens is 302 g/mol. The van der Waals surface area contributed by atoms with Gasteiger partial charge in [0.15, 0.2) is 5.69 Å². The number of amides is 1. The quantitative estimate of drug-likeness (QED) is 0.802. The predicted octanol–water partition coefficient (Wildman–Crippen LogP) is 2.78. The molecule has 0 fully saturated rings. The molecule has 0 saturated heterocycles. The van der Waals surface area contributed by atoms with E-state index in [0.717, 1.165) is 16.8 Å². The van der Waals surface area contributed by atoms with Crippen LogP contribution in [0.25, 0.3) is 16.9 Å². The standard InChI is InChI=1S/C18H19N5O/c1-12(2)20-18(24)16-17(14-5-4-10-19-11-14)23(22-21-16)15-8-6-13(3)7-9-15/h4-12H,1-3H3,(H,20,24). The van der Waals surface area contributed by atoms with Gasteiger partial charge in [-0.2, -0.15) is 0 Å². The topological polar surface area (TPSA) is 72.7 Å². The van der Waals surface area contributed by atoms with Crippen molar-refractivity contribution in [1.82, 2.24) is 25.3 Å². The summed E-state index contributed by atoms with van der Waals surface area (Å²) >= 11 is 0. The monoisotopic (exact) mass is 321 g/mol. The molecule has 0 aliphatic carbocycles. The Morgan fingerprint density at radius 3 is 2.54 bits per heavy atom. The van der Waals surface area contributed by atoms with Crippen LogP contribution in [0.4, 0.5) is 0 Å². The molecule has 0 aliphatic rings. The first-order chi connectivity index (χ1) is 11.6. The maximum Gasteiger partial charge on any atom is 0.274 e. The molecule has 0 atom stereocenters. The van der Waals surface area contributed by atoms with Crippen molar-refractivity contribution >= 4 is 5.91 Å². The van der Waals surface area contributed by atoms with Crippen molar-refractivity contribution in [3.63, 3.8) is 0 Å². The summed E-state index contributed by atoms with van der Waals surface area (Å²) in [5.41, 5.74) is 3.70. The van der Waals surface area contributed by atoms with E-state index in [1.165, 1.54) is 0 Å². The van der Waals surface area contributed by atoms with Crippen molar-refractivity contribution in [3.05, 3.63) is 60.0 Å². The molecule has 6 nitrogen and oxygen atoms in total. The van der Waals surface area contributed by atoms with E-state index < -0.39 is 0 Å². The molecule has 122 valence electrons. The molecule has 24 heavy (non-hydrogen) atoms. The molecule has 0 spiro atoms. The predicted molar refractivity (Wildman–Crippen MR) is 91.9 cm³/mol. The summed E-state index contributed by atoms with van der Waals surface area (Å²) < 4.78 is 1.67. The third-order valence-electron chi connectivity index (χ3n) is 3.52. The fraction of sp³-hybridized carbons (Fsp3) is 0.222. The third kappa shape index (κ3) is 3.17. The molecule has 6 heteroatoms. The van der Waals surface area contributed by atoms with Crippen LogP contribution >= 0.6 is 0 Å². The van der Waals surface area contributed by atoms with E-state index in [0.29, 0.717) is 5.69 Å². The van der Waals surface area contributed by atoms with Crippen LogP contribution in [0.5, 0.6) is 0 Å². The van der Waals surface area contributed by atoms with Gasteiger partial charge in [-0.1, -0.05) is 22.9 Å². The zero-order valence-electron chi connectivity index (χ0n) is 13.9. The van der Waals surface area contributed by atoms with E-state index >= 15 is 0 Å². The minimum atomic E-state index is -0.248. The minimum absolute atomic E-state index is 0.0174. The lowest BCUT2D eigenvalue weighted by Crippen LogP contribution is -2.30. The Bertz CT molecular complexity index is 838. The number of benzene rings is 1. The minimum Gasteiger partial charge on any atom is -0.348 e. The third-order valence-corrected chi connectivity index (χ3v) is 3.52. The number of aryl methyl sites for hydroxylation is 1. The van der Waals surface area contributed by atoms with E-state index in [4.69, 9.17) is 0 Å². The summed E-state index contributed by atoms with van der Waals surface area (Å²) in [5.74, 6) is -0.248. The van der Waals surface area contributed by atoms with Crippen LogP contribution in [0.2, 0.25) is 0 Å². The summed E-state index contributed by atoms with van der Waals surface area (Å²) in [6, 6.07) is 11.6. The van der Waals surface area contributed by atoms with Gasteiger partial charge in [0.1, 0.15) is 5.69 Å². The van der Waals surface area contributed by atoms with Crippen LogP contribution in [0.3, 0.4) is 0 Å². The summed E-state index contributed by atoms with van der Waals surface area (Å²) in [6.07, 6.45) is 3.40. The molecule has 1 aromatic carbocycles. The Hall–Kier alpha value is -3.02. The Morgan fingerprint density at radius 2 is 1.92 bits per heavy atom.